The van der Waals surface area contributed by atoms with Crippen LogP contribution in [-0.4, -0.2) is 16.1 Å². The molecule has 0 heterocycles. The summed E-state index contributed by atoms with van der Waals surface area (Å²) in [6.45, 7) is 1.34. The summed E-state index contributed by atoms with van der Waals surface area (Å²) < 4.78 is 0. The van der Waals surface area contributed by atoms with Gasteiger partial charge >= 0.3 is 0 Å². The van der Waals surface area contributed by atoms with Crippen LogP contribution in [0, 0.1) is 0 Å². The summed E-state index contributed by atoms with van der Waals surface area (Å²) in [5, 5.41) is 15.0. The van der Waals surface area contributed by atoms with Crippen LogP contribution in [-0.2, 0) is 4.79 Å². The van der Waals surface area contributed by atoms with Gasteiger partial charge in [-0.1, -0.05) is 11.6 Å². The number of aromatic hydroxyl groups is 1. The molecular formula is C9H9ClN2O2S. The number of rotatable bonds is 1. The standard InChI is InChI=1S/C9H9ClN2O2S/c1-5(13)11-9(15)12-7-4-6(10)2-3-8(7)14/h2-4,14H,1H3,(H2,11,12,13,15). The molecule has 0 aliphatic heterocycles. The van der Waals surface area contributed by atoms with Crippen LogP contribution in [0.25, 0.3) is 0 Å². The number of phenols is 1. The Labute approximate surface area is 97.2 Å². The van der Waals surface area contributed by atoms with Crippen LogP contribution in [0.15, 0.2) is 18.2 Å². The minimum atomic E-state index is -0.283. The van der Waals surface area contributed by atoms with E-state index in [1.807, 2.05) is 0 Å². The number of anilines is 1. The number of halogens is 1. The second kappa shape index (κ2) is 4.95. The van der Waals surface area contributed by atoms with Crippen molar-refractivity contribution in [2.75, 3.05) is 5.32 Å². The van der Waals surface area contributed by atoms with E-state index in [0.29, 0.717) is 10.7 Å². The molecule has 1 aromatic carbocycles. The molecule has 0 saturated heterocycles. The molecule has 0 aliphatic carbocycles. The van der Waals surface area contributed by atoms with Gasteiger partial charge < -0.3 is 15.7 Å². The molecule has 1 amide bonds. The summed E-state index contributed by atoms with van der Waals surface area (Å²) >= 11 is 10.5. The largest absolute Gasteiger partial charge is 0.506 e. The fourth-order valence-corrected chi connectivity index (χ4v) is 1.35. The second-order valence-corrected chi connectivity index (χ2v) is 3.64. The fourth-order valence-electron chi connectivity index (χ4n) is 0.922. The monoisotopic (exact) mass is 244 g/mol. The van der Waals surface area contributed by atoms with Gasteiger partial charge in [-0.25, -0.2) is 0 Å². The van der Waals surface area contributed by atoms with Gasteiger partial charge in [0.15, 0.2) is 5.11 Å². The molecule has 15 heavy (non-hydrogen) atoms. The highest BCUT2D eigenvalue weighted by atomic mass is 35.5. The van der Waals surface area contributed by atoms with E-state index in [1.54, 1.807) is 6.07 Å². The summed E-state index contributed by atoms with van der Waals surface area (Å²) in [4.78, 5) is 10.7. The third kappa shape index (κ3) is 3.73. The van der Waals surface area contributed by atoms with Crippen molar-refractivity contribution in [2.45, 2.75) is 6.92 Å². The highest BCUT2D eigenvalue weighted by Gasteiger charge is 2.04. The molecule has 0 radical (unpaired) electrons. The number of thiocarbonyl (C=S) groups is 1. The lowest BCUT2D eigenvalue weighted by Crippen LogP contribution is -2.32. The summed E-state index contributed by atoms with van der Waals surface area (Å²) in [7, 11) is 0. The van der Waals surface area contributed by atoms with Gasteiger partial charge in [-0.2, -0.15) is 0 Å². The van der Waals surface area contributed by atoms with Crippen molar-refractivity contribution >= 4 is 40.5 Å². The number of hydrogen-bond donors (Lipinski definition) is 3. The zero-order chi connectivity index (χ0) is 11.4. The molecule has 1 aromatic rings. The summed E-state index contributed by atoms with van der Waals surface area (Å²) in [5.41, 5.74) is 0.348. The van der Waals surface area contributed by atoms with Gasteiger partial charge in [-0.15, -0.1) is 0 Å². The number of nitrogens with one attached hydrogen (secondary N) is 2. The van der Waals surface area contributed by atoms with Crippen LogP contribution in [0.3, 0.4) is 0 Å². The Bertz CT molecular complexity index is 409. The lowest BCUT2D eigenvalue weighted by atomic mass is 10.3. The second-order valence-electron chi connectivity index (χ2n) is 2.80. The van der Waals surface area contributed by atoms with Crippen molar-refractivity contribution in [1.29, 1.82) is 0 Å². The maximum absolute atomic E-state index is 10.7. The molecule has 0 aliphatic rings. The van der Waals surface area contributed by atoms with E-state index in [0.717, 1.165) is 0 Å². The smallest absolute Gasteiger partial charge is 0.222 e. The summed E-state index contributed by atoms with van der Waals surface area (Å²) in [5.74, 6) is -0.277. The van der Waals surface area contributed by atoms with Crippen molar-refractivity contribution in [2.24, 2.45) is 0 Å². The lowest BCUT2D eigenvalue weighted by molar-refractivity contribution is -0.117. The molecule has 0 saturated carbocycles. The average Bonchev–Trinajstić information content (AvgIpc) is 2.10. The highest BCUT2D eigenvalue weighted by Crippen LogP contribution is 2.26. The van der Waals surface area contributed by atoms with E-state index in [4.69, 9.17) is 23.8 Å². The third-order valence-corrected chi connectivity index (χ3v) is 1.94. The first-order valence-electron chi connectivity index (χ1n) is 4.06. The van der Waals surface area contributed by atoms with Crippen molar-refractivity contribution in [3.63, 3.8) is 0 Å². The molecular weight excluding hydrogens is 236 g/mol. The maximum atomic E-state index is 10.7. The predicted octanol–water partition coefficient (Wildman–Crippen LogP) is 1.88. The summed E-state index contributed by atoms with van der Waals surface area (Å²) in [6, 6.07) is 4.48. The van der Waals surface area contributed by atoms with E-state index in [-0.39, 0.29) is 16.8 Å². The Morgan fingerprint density at radius 1 is 1.53 bits per heavy atom. The highest BCUT2D eigenvalue weighted by molar-refractivity contribution is 7.80. The minimum Gasteiger partial charge on any atom is -0.506 e. The summed E-state index contributed by atoms with van der Waals surface area (Å²) in [6.07, 6.45) is 0. The van der Waals surface area contributed by atoms with Gasteiger partial charge in [0.1, 0.15) is 5.75 Å². The zero-order valence-corrected chi connectivity index (χ0v) is 9.45. The topological polar surface area (TPSA) is 61.4 Å². The van der Waals surface area contributed by atoms with Gasteiger partial charge in [-0.05, 0) is 30.4 Å². The first kappa shape index (κ1) is 11.7. The fraction of sp³-hybridized carbons (Fsp3) is 0.111. The molecule has 80 valence electrons. The number of phenolic OH excluding ortho intramolecular Hbond substituents is 1. The van der Waals surface area contributed by atoms with Gasteiger partial charge in [0, 0.05) is 11.9 Å². The molecule has 3 N–H and O–H groups in total. The van der Waals surface area contributed by atoms with Crippen molar-refractivity contribution in [3.8, 4) is 5.75 Å². The number of carbonyl (C=O) groups is 1. The SMILES string of the molecule is CC(=O)NC(=S)Nc1cc(Cl)ccc1O. The van der Waals surface area contributed by atoms with E-state index in [2.05, 4.69) is 10.6 Å². The normalized spacial score (nSPS) is 9.47. The first-order chi connectivity index (χ1) is 6.99. The van der Waals surface area contributed by atoms with Crippen LogP contribution in [0.2, 0.25) is 5.02 Å². The third-order valence-electron chi connectivity index (χ3n) is 1.50. The van der Waals surface area contributed by atoms with Gasteiger partial charge in [-0.3, -0.25) is 4.79 Å². The predicted molar refractivity (Wildman–Crippen MR) is 63.2 cm³/mol. The molecule has 6 heteroatoms. The number of hydrogen-bond acceptors (Lipinski definition) is 3. The van der Waals surface area contributed by atoms with Crippen LogP contribution in [0.1, 0.15) is 6.92 Å². The molecule has 1 rings (SSSR count). The molecule has 0 unspecified atom stereocenters. The number of amides is 1. The molecule has 0 spiro atoms. The van der Waals surface area contributed by atoms with E-state index < -0.39 is 0 Å². The molecule has 0 fully saturated rings. The number of benzene rings is 1. The Balaban J connectivity index is 2.76. The van der Waals surface area contributed by atoms with E-state index >= 15 is 0 Å². The Kier molecular flexibility index (Phi) is 3.88. The van der Waals surface area contributed by atoms with Crippen LogP contribution in [0.4, 0.5) is 5.69 Å². The molecule has 4 nitrogen and oxygen atoms in total. The van der Waals surface area contributed by atoms with E-state index in [1.165, 1.54) is 19.1 Å². The van der Waals surface area contributed by atoms with Gasteiger partial charge in [0.05, 0.1) is 5.69 Å². The van der Waals surface area contributed by atoms with Crippen molar-refractivity contribution < 1.29 is 9.90 Å². The van der Waals surface area contributed by atoms with Crippen LogP contribution in [0.5, 0.6) is 5.75 Å². The lowest BCUT2D eigenvalue weighted by Gasteiger charge is -2.09. The van der Waals surface area contributed by atoms with Crippen LogP contribution >= 0.6 is 23.8 Å². The number of carbonyl (C=O) groups excluding carboxylic acids is 1. The first-order valence-corrected chi connectivity index (χ1v) is 4.85. The molecule has 0 aromatic heterocycles. The molecule has 0 bridgehead atoms. The molecule has 0 atom stereocenters. The zero-order valence-electron chi connectivity index (χ0n) is 7.87. The van der Waals surface area contributed by atoms with Gasteiger partial charge in [0.25, 0.3) is 0 Å². The van der Waals surface area contributed by atoms with Crippen molar-refractivity contribution in [1.82, 2.24) is 5.32 Å². The minimum absolute atomic E-state index is 0.00658. The van der Waals surface area contributed by atoms with Crippen molar-refractivity contribution in [3.05, 3.63) is 23.2 Å². The average molecular weight is 245 g/mol. The van der Waals surface area contributed by atoms with Gasteiger partial charge in [0.2, 0.25) is 5.91 Å². The maximum Gasteiger partial charge on any atom is 0.222 e. The Morgan fingerprint density at radius 3 is 2.80 bits per heavy atom. The van der Waals surface area contributed by atoms with Crippen LogP contribution < -0.4 is 10.6 Å². The Morgan fingerprint density at radius 2 is 2.20 bits per heavy atom. The Hall–Kier alpha value is -1.33. The quantitative estimate of drug-likeness (QED) is 0.522. The van der Waals surface area contributed by atoms with E-state index in [9.17, 15) is 9.90 Å².